The molecule has 0 unspecified atom stereocenters. The number of anilines is 1. The molecule has 0 radical (unpaired) electrons. The molecular formula is C21H28FN3O+2. The maximum Gasteiger partial charge on any atom is 0.282 e. The summed E-state index contributed by atoms with van der Waals surface area (Å²) in [5.41, 5.74) is 3.00. The molecule has 0 bridgehead atoms. The molecule has 1 heterocycles. The van der Waals surface area contributed by atoms with Crippen molar-refractivity contribution in [1.29, 1.82) is 0 Å². The van der Waals surface area contributed by atoms with Gasteiger partial charge in [-0.2, -0.15) is 0 Å². The molecule has 1 aliphatic rings. The van der Waals surface area contributed by atoms with Crippen LogP contribution < -0.4 is 15.1 Å². The van der Waals surface area contributed by atoms with Gasteiger partial charge in [0.2, 0.25) is 0 Å². The maximum absolute atomic E-state index is 13.7. The molecule has 5 heteroatoms. The van der Waals surface area contributed by atoms with Crippen LogP contribution in [0.2, 0.25) is 0 Å². The Morgan fingerprint density at radius 2 is 1.73 bits per heavy atom. The Balaban J connectivity index is 1.52. The minimum atomic E-state index is -0.393. The number of benzene rings is 2. The van der Waals surface area contributed by atoms with Crippen LogP contribution in [0, 0.1) is 12.7 Å². The molecule has 0 aliphatic carbocycles. The maximum atomic E-state index is 13.7. The third kappa shape index (κ3) is 4.48. The fourth-order valence-electron chi connectivity index (χ4n) is 3.60. The summed E-state index contributed by atoms with van der Waals surface area (Å²) < 4.78 is 13.7. The Bertz CT molecular complexity index is 756. The second-order valence-corrected chi connectivity index (χ2v) is 7.20. The zero-order valence-corrected chi connectivity index (χ0v) is 15.5. The van der Waals surface area contributed by atoms with Gasteiger partial charge in [0.1, 0.15) is 38.5 Å². The number of rotatable bonds is 5. The van der Waals surface area contributed by atoms with Crippen molar-refractivity contribution in [2.24, 2.45) is 0 Å². The summed E-state index contributed by atoms with van der Waals surface area (Å²) in [4.78, 5) is 15.3. The fraction of sp³-hybridized carbons (Fsp3) is 0.381. The van der Waals surface area contributed by atoms with Crippen molar-refractivity contribution in [1.82, 2.24) is 0 Å². The molecule has 0 aromatic heterocycles. The lowest BCUT2D eigenvalue weighted by Crippen LogP contribution is -3.29. The lowest BCUT2D eigenvalue weighted by Gasteiger charge is -2.32. The number of carbonyl (C=O) groups is 1. The van der Waals surface area contributed by atoms with E-state index in [2.05, 4.69) is 36.5 Å². The second-order valence-electron chi connectivity index (χ2n) is 7.20. The minimum Gasteiger partial charge on any atom is -0.322 e. The summed E-state index contributed by atoms with van der Waals surface area (Å²) in [7, 11) is 0. The van der Waals surface area contributed by atoms with Crippen LogP contribution in [0.25, 0.3) is 0 Å². The molecule has 138 valence electrons. The molecule has 1 atom stereocenters. The molecular weight excluding hydrogens is 329 g/mol. The van der Waals surface area contributed by atoms with Gasteiger partial charge in [0.05, 0.1) is 5.69 Å². The third-order valence-electron chi connectivity index (χ3n) is 5.44. The molecule has 3 rings (SSSR count). The first-order chi connectivity index (χ1) is 12.5. The van der Waals surface area contributed by atoms with Crippen molar-refractivity contribution in [3.63, 3.8) is 0 Å². The van der Waals surface area contributed by atoms with E-state index < -0.39 is 5.82 Å². The van der Waals surface area contributed by atoms with Crippen molar-refractivity contribution in [3.8, 4) is 0 Å². The van der Waals surface area contributed by atoms with Gasteiger partial charge in [-0.15, -0.1) is 0 Å². The van der Waals surface area contributed by atoms with Gasteiger partial charge in [0.25, 0.3) is 5.91 Å². The average molecular weight is 357 g/mol. The second kappa shape index (κ2) is 8.43. The molecule has 2 aromatic carbocycles. The number of para-hydroxylation sites is 1. The number of hydrogen-bond acceptors (Lipinski definition) is 1. The van der Waals surface area contributed by atoms with E-state index in [0.29, 0.717) is 0 Å². The Morgan fingerprint density at radius 3 is 2.42 bits per heavy atom. The van der Waals surface area contributed by atoms with E-state index in [1.165, 1.54) is 22.1 Å². The van der Waals surface area contributed by atoms with E-state index >= 15 is 0 Å². The number of amides is 1. The van der Waals surface area contributed by atoms with Crippen LogP contribution in [0.5, 0.6) is 0 Å². The first-order valence-corrected chi connectivity index (χ1v) is 9.32. The van der Waals surface area contributed by atoms with E-state index in [1.807, 2.05) is 6.92 Å². The molecule has 3 N–H and O–H groups in total. The Morgan fingerprint density at radius 1 is 1.08 bits per heavy atom. The molecule has 26 heavy (non-hydrogen) atoms. The number of aryl methyl sites for hydroxylation is 1. The highest BCUT2D eigenvalue weighted by Crippen LogP contribution is 2.12. The third-order valence-corrected chi connectivity index (χ3v) is 5.44. The van der Waals surface area contributed by atoms with Gasteiger partial charge in [-0.25, -0.2) is 4.39 Å². The van der Waals surface area contributed by atoms with Crippen molar-refractivity contribution in [2.45, 2.75) is 26.4 Å². The highest BCUT2D eigenvalue weighted by Gasteiger charge is 2.31. The summed E-state index contributed by atoms with van der Waals surface area (Å²) >= 11 is 0. The molecule has 1 saturated heterocycles. The lowest BCUT2D eigenvalue weighted by atomic mass is 10.1. The monoisotopic (exact) mass is 357 g/mol. The van der Waals surface area contributed by atoms with Crippen LogP contribution in [-0.4, -0.2) is 38.1 Å². The molecule has 2 aromatic rings. The first-order valence-electron chi connectivity index (χ1n) is 9.32. The van der Waals surface area contributed by atoms with Crippen LogP contribution in [0.3, 0.4) is 0 Å². The summed E-state index contributed by atoms with van der Waals surface area (Å²) in [6.07, 6.45) is 0. The standard InChI is InChI=1S/C21H26FN3O/c1-16-7-3-4-8-18(16)15-24-11-13-25(14-12-24)17(2)21(26)23-20-10-6-5-9-19(20)22/h3-10,17H,11-15H2,1-2H3,(H,23,26)/p+2/t17-/m1/s1. The van der Waals surface area contributed by atoms with Crippen LogP contribution in [-0.2, 0) is 11.3 Å². The van der Waals surface area contributed by atoms with Crippen LogP contribution in [0.15, 0.2) is 48.5 Å². The van der Waals surface area contributed by atoms with Crippen molar-refractivity contribution in [2.75, 3.05) is 31.5 Å². The number of nitrogens with one attached hydrogen (secondary N) is 3. The molecule has 4 nitrogen and oxygen atoms in total. The molecule has 0 saturated carbocycles. The fourth-order valence-corrected chi connectivity index (χ4v) is 3.60. The van der Waals surface area contributed by atoms with Gasteiger partial charge in [-0.1, -0.05) is 36.4 Å². The predicted molar refractivity (Wildman–Crippen MR) is 101 cm³/mol. The normalized spacial score (nSPS) is 21.2. The largest absolute Gasteiger partial charge is 0.322 e. The number of carbonyl (C=O) groups excluding carboxylic acids is 1. The highest BCUT2D eigenvalue weighted by atomic mass is 19.1. The number of hydrogen-bond donors (Lipinski definition) is 3. The van der Waals surface area contributed by atoms with E-state index in [0.717, 1.165) is 32.7 Å². The number of halogens is 1. The van der Waals surface area contributed by atoms with E-state index in [-0.39, 0.29) is 17.6 Å². The van der Waals surface area contributed by atoms with Crippen molar-refractivity contribution in [3.05, 3.63) is 65.5 Å². The summed E-state index contributed by atoms with van der Waals surface area (Å²) in [5.74, 6) is -0.511. The first kappa shape index (κ1) is 18.5. The molecule has 0 spiro atoms. The van der Waals surface area contributed by atoms with Gasteiger partial charge in [0.15, 0.2) is 6.04 Å². The quantitative estimate of drug-likeness (QED) is 0.714. The van der Waals surface area contributed by atoms with Crippen LogP contribution >= 0.6 is 0 Å². The Labute approximate surface area is 154 Å². The Hall–Kier alpha value is -2.24. The highest BCUT2D eigenvalue weighted by molar-refractivity contribution is 5.93. The van der Waals surface area contributed by atoms with Gasteiger partial charge < -0.3 is 15.1 Å². The average Bonchev–Trinajstić information content (AvgIpc) is 2.65. The molecule has 1 fully saturated rings. The summed E-state index contributed by atoms with van der Waals surface area (Å²) in [6.45, 7) is 9.11. The number of piperazine rings is 1. The van der Waals surface area contributed by atoms with Gasteiger partial charge in [-0.3, -0.25) is 4.79 Å². The number of quaternary nitrogens is 2. The minimum absolute atomic E-state index is 0.118. The zero-order chi connectivity index (χ0) is 18.5. The van der Waals surface area contributed by atoms with E-state index in [1.54, 1.807) is 23.1 Å². The predicted octanol–water partition coefficient (Wildman–Crippen LogP) is 0.445. The zero-order valence-electron chi connectivity index (χ0n) is 15.5. The van der Waals surface area contributed by atoms with Gasteiger partial charge in [0, 0.05) is 5.56 Å². The Kier molecular flexibility index (Phi) is 6.01. The van der Waals surface area contributed by atoms with E-state index in [9.17, 15) is 9.18 Å². The topological polar surface area (TPSA) is 38.0 Å². The summed E-state index contributed by atoms with van der Waals surface area (Å²) in [5, 5.41) is 2.72. The van der Waals surface area contributed by atoms with Crippen LogP contribution in [0.1, 0.15) is 18.1 Å². The van der Waals surface area contributed by atoms with Gasteiger partial charge in [-0.05, 0) is 31.5 Å². The molecule has 1 amide bonds. The lowest BCUT2D eigenvalue weighted by molar-refractivity contribution is -1.02. The van der Waals surface area contributed by atoms with Crippen molar-refractivity contribution >= 4 is 11.6 Å². The van der Waals surface area contributed by atoms with E-state index in [4.69, 9.17) is 0 Å². The van der Waals surface area contributed by atoms with Gasteiger partial charge >= 0.3 is 0 Å². The SMILES string of the molecule is Cc1ccccc1C[NH+]1CC[NH+]([C@H](C)C(=O)Nc2ccccc2F)CC1. The van der Waals surface area contributed by atoms with Crippen molar-refractivity contribution < 1.29 is 19.0 Å². The summed E-state index contributed by atoms with van der Waals surface area (Å²) in [6, 6.07) is 14.7. The van der Waals surface area contributed by atoms with Crippen LogP contribution in [0.4, 0.5) is 10.1 Å². The smallest absolute Gasteiger partial charge is 0.282 e. The molecule has 1 aliphatic heterocycles.